The van der Waals surface area contributed by atoms with E-state index in [9.17, 15) is 4.79 Å². The molecular weight excluding hydrogens is 228 g/mol. The number of carbonyl (C=O) groups is 1. The van der Waals surface area contributed by atoms with Crippen LogP contribution >= 0.6 is 0 Å². The lowest BCUT2D eigenvalue weighted by atomic mass is 10.1. The normalized spacial score (nSPS) is 9.78. The standard InChI is InChI=1S/C14H12N2O2/c1-16(10-13-6-3-7-18-13)14(17)12-5-2-4-11(8-12)9-15/h2-8H,10H2,1H3. The van der Waals surface area contributed by atoms with E-state index in [2.05, 4.69) is 0 Å². The summed E-state index contributed by atoms with van der Waals surface area (Å²) >= 11 is 0. The molecule has 0 spiro atoms. The highest BCUT2D eigenvalue weighted by atomic mass is 16.3. The zero-order valence-corrected chi connectivity index (χ0v) is 9.96. The summed E-state index contributed by atoms with van der Waals surface area (Å²) < 4.78 is 5.19. The van der Waals surface area contributed by atoms with Crippen LogP contribution in [-0.4, -0.2) is 17.9 Å². The topological polar surface area (TPSA) is 57.2 Å². The maximum absolute atomic E-state index is 12.1. The maximum atomic E-state index is 12.1. The van der Waals surface area contributed by atoms with Crippen LogP contribution in [0.5, 0.6) is 0 Å². The molecule has 2 aromatic rings. The number of carbonyl (C=O) groups excluding carboxylic acids is 1. The second-order valence-corrected chi connectivity index (χ2v) is 3.93. The highest BCUT2D eigenvalue weighted by molar-refractivity contribution is 5.94. The molecule has 4 nitrogen and oxygen atoms in total. The van der Waals surface area contributed by atoms with Crippen molar-refractivity contribution >= 4 is 5.91 Å². The Morgan fingerprint density at radius 3 is 2.89 bits per heavy atom. The molecule has 1 heterocycles. The molecule has 0 radical (unpaired) electrons. The minimum absolute atomic E-state index is 0.136. The van der Waals surface area contributed by atoms with Gasteiger partial charge in [0, 0.05) is 12.6 Å². The zero-order valence-electron chi connectivity index (χ0n) is 9.96. The molecular formula is C14H12N2O2. The lowest BCUT2D eigenvalue weighted by Crippen LogP contribution is -2.26. The van der Waals surface area contributed by atoms with E-state index in [0.29, 0.717) is 17.7 Å². The molecule has 0 atom stereocenters. The molecule has 0 aliphatic heterocycles. The molecule has 4 heteroatoms. The number of nitriles is 1. The van der Waals surface area contributed by atoms with Crippen molar-refractivity contribution in [3.8, 4) is 6.07 Å². The van der Waals surface area contributed by atoms with Gasteiger partial charge in [0.1, 0.15) is 5.76 Å². The van der Waals surface area contributed by atoms with Gasteiger partial charge in [-0.05, 0) is 30.3 Å². The molecule has 1 aromatic heterocycles. The van der Waals surface area contributed by atoms with Gasteiger partial charge < -0.3 is 9.32 Å². The summed E-state index contributed by atoms with van der Waals surface area (Å²) in [6.45, 7) is 0.405. The third-order valence-corrected chi connectivity index (χ3v) is 2.56. The van der Waals surface area contributed by atoms with E-state index in [4.69, 9.17) is 9.68 Å². The number of hydrogen-bond donors (Lipinski definition) is 0. The van der Waals surface area contributed by atoms with Crippen molar-refractivity contribution in [3.05, 3.63) is 59.5 Å². The van der Waals surface area contributed by atoms with E-state index >= 15 is 0 Å². The average molecular weight is 240 g/mol. The largest absolute Gasteiger partial charge is 0.467 e. The van der Waals surface area contributed by atoms with E-state index in [1.54, 1.807) is 48.5 Å². The minimum Gasteiger partial charge on any atom is -0.467 e. The Labute approximate surface area is 105 Å². The Bertz CT molecular complexity index is 582. The van der Waals surface area contributed by atoms with Crippen LogP contribution in [0.3, 0.4) is 0 Å². The predicted octanol–water partition coefficient (Wildman–Crippen LogP) is 2.42. The van der Waals surface area contributed by atoms with Crippen molar-refractivity contribution in [1.82, 2.24) is 4.90 Å². The van der Waals surface area contributed by atoms with E-state index in [1.165, 1.54) is 0 Å². The average Bonchev–Trinajstić information content (AvgIpc) is 2.90. The number of benzene rings is 1. The first-order chi connectivity index (χ1) is 8.70. The predicted molar refractivity (Wildman–Crippen MR) is 65.7 cm³/mol. The van der Waals surface area contributed by atoms with Crippen molar-refractivity contribution in [1.29, 1.82) is 5.26 Å². The maximum Gasteiger partial charge on any atom is 0.254 e. The Morgan fingerprint density at radius 2 is 2.22 bits per heavy atom. The summed E-state index contributed by atoms with van der Waals surface area (Å²) in [5.41, 5.74) is 0.982. The van der Waals surface area contributed by atoms with Gasteiger partial charge in [-0.3, -0.25) is 4.79 Å². The van der Waals surface area contributed by atoms with Crippen molar-refractivity contribution in [2.24, 2.45) is 0 Å². The lowest BCUT2D eigenvalue weighted by Gasteiger charge is -2.15. The van der Waals surface area contributed by atoms with Gasteiger partial charge in [-0.1, -0.05) is 6.07 Å². The summed E-state index contributed by atoms with van der Waals surface area (Å²) in [4.78, 5) is 13.7. The highest BCUT2D eigenvalue weighted by Gasteiger charge is 2.13. The molecule has 90 valence electrons. The second kappa shape index (κ2) is 5.19. The molecule has 0 saturated heterocycles. The molecule has 2 rings (SSSR count). The van der Waals surface area contributed by atoms with Crippen LogP contribution < -0.4 is 0 Å². The number of furan rings is 1. The van der Waals surface area contributed by atoms with E-state index in [1.807, 2.05) is 12.1 Å². The van der Waals surface area contributed by atoms with Gasteiger partial charge >= 0.3 is 0 Å². The second-order valence-electron chi connectivity index (χ2n) is 3.93. The third kappa shape index (κ3) is 2.58. The first-order valence-electron chi connectivity index (χ1n) is 5.48. The van der Waals surface area contributed by atoms with Gasteiger partial charge in [0.15, 0.2) is 0 Å². The Balaban J connectivity index is 2.13. The van der Waals surface area contributed by atoms with Crippen molar-refractivity contribution in [2.75, 3.05) is 7.05 Å². The van der Waals surface area contributed by atoms with Gasteiger partial charge in [0.2, 0.25) is 0 Å². The molecule has 1 amide bonds. The quantitative estimate of drug-likeness (QED) is 0.827. The van der Waals surface area contributed by atoms with E-state index in [-0.39, 0.29) is 5.91 Å². The summed E-state index contributed by atoms with van der Waals surface area (Å²) in [5, 5.41) is 8.80. The summed E-state index contributed by atoms with van der Waals surface area (Å²) in [7, 11) is 1.70. The van der Waals surface area contributed by atoms with Crippen molar-refractivity contribution < 1.29 is 9.21 Å². The van der Waals surface area contributed by atoms with E-state index in [0.717, 1.165) is 5.76 Å². The molecule has 0 N–H and O–H groups in total. The SMILES string of the molecule is CN(Cc1ccco1)C(=O)c1cccc(C#N)c1. The van der Waals surface area contributed by atoms with Gasteiger partial charge in [-0.25, -0.2) is 0 Å². The van der Waals surface area contributed by atoms with Crippen LogP contribution in [0, 0.1) is 11.3 Å². The monoisotopic (exact) mass is 240 g/mol. The molecule has 1 aromatic carbocycles. The van der Waals surface area contributed by atoms with Gasteiger partial charge in [0.25, 0.3) is 5.91 Å². The third-order valence-electron chi connectivity index (χ3n) is 2.56. The van der Waals surface area contributed by atoms with Gasteiger partial charge in [0.05, 0.1) is 24.4 Å². The number of hydrogen-bond acceptors (Lipinski definition) is 3. The van der Waals surface area contributed by atoms with Crippen LogP contribution in [0.1, 0.15) is 21.7 Å². The fourth-order valence-corrected chi connectivity index (χ4v) is 1.65. The van der Waals surface area contributed by atoms with E-state index < -0.39 is 0 Å². The Morgan fingerprint density at radius 1 is 1.39 bits per heavy atom. The fourth-order valence-electron chi connectivity index (χ4n) is 1.65. The fraction of sp³-hybridized carbons (Fsp3) is 0.143. The number of amides is 1. The van der Waals surface area contributed by atoms with Crippen LogP contribution in [0.2, 0.25) is 0 Å². The smallest absolute Gasteiger partial charge is 0.254 e. The van der Waals surface area contributed by atoms with Crippen molar-refractivity contribution in [3.63, 3.8) is 0 Å². The molecule has 18 heavy (non-hydrogen) atoms. The Hall–Kier alpha value is -2.54. The molecule has 0 unspecified atom stereocenters. The summed E-state index contributed by atoms with van der Waals surface area (Å²) in [6.07, 6.45) is 1.57. The van der Waals surface area contributed by atoms with Crippen LogP contribution in [0.15, 0.2) is 47.1 Å². The van der Waals surface area contributed by atoms with Crippen LogP contribution in [0.4, 0.5) is 0 Å². The molecule has 0 aliphatic rings. The number of rotatable bonds is 3. The van der Waals surface area contributed by atoms with Gasteiger partial charge in [-0.2, -0.15) is 5.26 Å². The first kappa shape index (κ1) is 11.9. The zero-order chi connectivity index (χ0) is 13.0. The Kier molecular flexibility index (Phi) is 3.44. The highest BCUT2D eigenvalue weighted by Crippen LogP contribution is 2.10. The molecule has 0 saturated carbocycles. The van der Waals surface area contributed by atoms with Crippen LogP contribution in [0.25, 0.3) is 0 Å². The number of nitrogens with zero attached hydrogens (tertiary/aromatic N) is 2. The van der Waals surface area contributed by atoms with Crippen molar-refractivity contribution in [2.45, 2.75) is 6.54 Å². The first-order valence-corrected chi connectivity index (χ1v) is 5.48. The summed E-state index contributed by atoms with van der Waals surface area (Å²) in [6, 6.07) is 12.3. The van der Waals surface area contributed by atoms with Crippen LogP contribution in [-0.2, 0) is 6.54 Å². The minimum atomic E-state index is -0.136. The molecule has 0 aliphatic carbocycles. The molecule has 0 bridgehead atoms. The summed E-state index contributed by atoms with van der Waals surface area (Å²) in [5.74, 6) is 0.589. The van der Waals surface area contributed by atoms with Gasteiger partial charge in [-0.15, -0.1) is 0 Å². The molecule has 0 fully saturated rings. The lowest BCUT2D eigenvalue weighted by molar-refractivity contribution is 0.0775.